The van der Waals surface area contributed by atoms with Gasteiger partial charge in [-0.25, -0.2) is 0 Å². The molecule has 0 spiro atoms. The fourth-order valence-corrected chi connectivity index (χ4v) is 0.758. The van der Waals surface area contributed by atoms with Crippen LogP contribution < -0.4 is 11.1 Å². The summed E-state index contributed by atoms with van der Waals surface area (Å²) in [5.41, 5.74) is 6.40. The molecule has 2 nitrogen and oxygen atoms in total. The minimum atomic E-state index is 1.10. The van der Waals surface area contributed by atoms with Crippen molar-refractivity contribution in [3.05, 3.63) is 11.9 Å². The molecule has 1 aliphatic heterocycles. The molecule has 1 rings (SSSR count). The van der Waals surface area contributed by atoms with Crippen molar-refractivity contribution in [1.29, 1.82) is 0 Å². The van der Waals surface area contributed by atoms with Crippen LogP contribution >= 0.6 is 0 Å². The minimum Gasteiger partial charge on any atom is -0.403 e. The van der Waals surface area contributed by atoms with E-state index in [9.17, 15) is 0 Å². The van der Waals surface area contributed by atoms with E-state index in [2.05, 4.69) is 5.32 Å². The third-order valence-electron chi connectivity index (χ3n) is 1.18. The average molecular weight is 128 g/mol. The predicted octanol–water partition coefficient (Wildman–Crippen LogP) is 1.20. The highest BCUT2D eigenvalue weighted by molar-refractivity contribution is 5.00. The number of nitrogens with two attached hydrogens (primary N) is 1. The molecule has 1 saturated heterocycles. The first-order valence-corrected chi connectivity index (χ1v) is 3.58. The van der Waals surface area contributed by atoms with E-state index in [1.54, 1.807) is 6.20 Å². The van der Waals surface area contributed by atoms with Crippen LogP contribution in [0.3, 0.4) is 0 Å². The minimum absolute atomic E-state index is 1.10. The zero-order valence-electron chi connectivity index (χ0n) is 6.28. The van der Waals surface area contributed by atoms with E-state index in [0.717, 1.165) is 13.0 Å². The lowest BCUT2D eigenvalue weighted by atomic mass is 10.3. The maximum Gasteiger partial charge on any atom is 0.0265 e. The summed E-state index contributed by atoms with van der Waals surface area (Å²) >= 11 is 0. The average Bonchev–Trinajstić information content (AvgIpc) is 2.43. The first kappa shape index (κ1) is 8.34. The molecule has 9 heavy (non-hydrogen) atoms. The maximum atomic E-state index is 5.21. The third kappa shape index (κ3) is 3.01. The van der Waals surface area contributed by atoms with E-state index >= 15 is 0 Å². The van der Waals surface area contributed by atoms with Crippen LogP contribution in [0.25, 0.3) is 0 Å². The quantitative estimate of drug-likeness (QED) is 0.514. The van der Waals surface area contributed by atoms with E-state index in [-0.39, 0.29) is 0 Å². The van der Waals surface area contributed by atoms with Crippen molar-refractivity contribution in [3.63, 3.8) is 0 Å². The molecule has 1 fully saturated rings. The first-order chi connectivity index (χ1) is 4.43. The summed E-state index contributed by atoms with van der Waals surface area (Å²) in [7, 11) is 0. The van der Waals surface area contributed by atoms with Gasteiger partial charge >= 0.3 is 0 Å². The SMILES string of the molecule is CC.NC=C1CCCN1. The van der Waals surface area contributed by atoms with Crippen LogP contribution in [-0.2, 0) is 0 Å². The van der Waals surface area contributed by atoms with E-state index in [1.807, 2.05) is 13.8 Å². The lowest BCUT2D eigenvalue weighted by molar-refractivity contribution is 0.902. The molecular weight excluding hydrogens is 112 g/mol. The van der Waals surface area contributed by atoms with Crippen LogP contribution in [-0.4, -0.2) is 6.54 Å². The Morgan fingerprint density at radius 2 is 2.22 bits per heavy atom. The van der Waals surface area contributed by atoms with Crippen LogP contribution in [0.15, 0.2) is 11.9 Å². The van der Waals surface area contributed by atoms with Gasteiger partial charge in [-0.05, 0) is 12.8 Å². The third-order valence-corrected chi connectivity index (χ3v) is 1.18. The van der Waals surface area contributed by atoms with Gasteiger partial charge in [-0.3, -0.25) is 0 Å². The topological polar surface area (TPSA) is 38.0 Å². The summed E-state index contributed by atoms with van der Waals surface area (Å²) in [5, 5.41) is 3.14. The molecule has 1 heterocycles. The summed E-state index contributed by atoms with van der Waals surface area (Å²) < 4.78 is 0. The Labute approximate surface area is 57.1 Å². The predicted molar refractivity (Wildman–Crippen MR) is 40.9 cm³/mol. The number of allylic oxidation sites excluding steroid dienone is 1. The molecule has 2 heteroatoms. The van der Waals surface area contributed by atoms with Crippen molar-refractivity contribution in [1.82, 2.24) is 5.32 Å². The molecule has 0 radical (unpaired) electrons. The van der Waals surface area contributed by atoms with Crippen LogP contribution in [0.1, 0.15) is 26.7 Å². The number of hydrogen-bond donors (Lipinski definition) is 2. The van der Waals surface area contributed by atoms with Crippen LogP contribution in [0.4, 0.5) is 0 Å². The Balaban J connectivity index is 0.000000291. The Morgan fingerprint density at radius 3 is 2.44 bits per heavy atom. The smallest absolute Gasteiger partial charge is 0.0265 e. The lowest BCUT2D eigenvalue weighted by Crippen LogP contribution is -2.04. The van der Waals surface area contributed by atoms with Crippen molar-refractivity contribution in [3.8, 4) is 0 Å². The van der Waals surface area contributed by atoms with Crippen LogP contribution in [0, 0.1) is 0 Å². The standard InChI is InChI=1S/C5H10N2.C2H6/c6-4-5-2-1-3-7-5;1-2/h4,7H,1-3,6H2;1-2H3. The summed E-state index contributed by atoms with van der Waals surface area (Å²) in [4.78, 5) is 0. The van der Waals surface area contributed by atoms with Gasteiger partial charge in [-0.15, -0.1) is 0 Å². The van der Waals surface area contributed by atoms with Gasteiger partial charge in [-0.2, -0.15) is 0 Å². The van der Waals surface area contributed by atoms with E-state index in [4.69, 9.17) is 5.73 Å². The summed E-state index contributed by atoms with van der Waals surface area (Å²) in [5.74, 6) is 0. The second-order valence-electron chi connectivity index (χ2n) is 1.72. The molecule has 0 aromatic rings. The monoisotopic (exact) mass is 128 g/mol. The normalized spacial score (nSPS) is 20.4. The van der Waals surface area contributed by atoms with Crippen molar-refractivity contribution in [2.45, 2.75) is 26.7 Å². The van der Waals surface area contributed by atoms with E-state index in [1.165, 1.54) is 12.1 Å². The Hall–Kier alpha value is -0.660. The second-order valence-corrected chi connectivity index (χ2v) is 1.72. The Morgan fingerprint density at radius 1 is 1.56 bits per heavy atom. The molecule has 3 N–H and O–H groups in total. The van der Waals surface area contributed by atoms with Gasteiger partial charge in [0.25, 0.3) is 0 Å². The molecule has 0 unspecified atom stereocenters. The van der Waals surface area contributed by atoms with Gasteiger partial charge in [0, 0.05) is 18.4 Å². The van der Waals surface area contributed by atoms with Gasteiger partial charge in [0.1, 0.15) is 0 Å². The lowest BCUT2D eigenvalue weighted by Gasteiger charge is -1.90. The van der Waals surface area contributed by atoms with Crippen LogP contribution in [0.5, 0.6) is 0 Å². The molecule has 0 aromatic heterocycles. The van der Waals surface area contributed by atoms with Crippen molar-refractivity contribution in [2.24, 2.45) is 5.73 Å². The zero-order valence-corrected chi connectivity index (χ0v) is 6.28. The largest absolute Gasteiger partial charge is 0.403 e. The molecule has 0 bridgehead atoms. The highest BCUT2D eigenvalue weighted by atomic mass is 14.9. The number of nitrogens with one attached hydrogen (secondary N) is 1. The van der Waals surface area contributed by atoms with Crippen LogP contribution in [0.2, 0.25) is 0 Å². The zero-order chi connectivity index (χ0) is 7.11. The molecule has 0 aliphatic carbocycles. The maximum absolute atomic E-state index is 5.21. The summed E-state index contributed by atoms with van der Waals surface area (Å²) in [6.45, 7) is 5.10. The highest BCUT2D eigenvalue weighted by Crippen LogP contribution is 2.05. The summed E-state index contributed by atoms with van der Waals surface area (Å²) in [6, 6.07) is 0. The molecule has 1 aliphatic rings. The van der Waals surface area contributed by atoms with Gasteiger partial charge in [0.15, 0.2) is 0 Å². The van der Waals surface area contributed by atoms with E-state index in [0.29, 0.717) is 0 Å². The molecular formula is C7H16N2. The highest BCUT2D eigenvalue weighted by Gasteiger charge is 2.01. The van der Waals surface area contributed by atoms with E-state index < -0.39 is 0 Å². The Bertz CT molecular complexity index is 78.9. The fraction of sp³-hybridized carbons (Fsp3) is 0.714. The van der Waals surface area contributed by atoms with Gasteiger partial charge in [-0.1, -0.05) is 13.8 Å². The van der Waals surface area contributed by atoms with Crippen molar-refractivity contribution >= 4 is 0 Å². The molecule has 0 aromatic carbocycles. The van der Waals surface area contributed by atoms with Crippen molar-refractivity contribution < 1.29 is 0 Å². The van der Waals surface area contributed by atoms with Crippen molar-refractivity contribution in [2.75, 3.05) is 6.54 Å². The van der Waals surface area contributed by atoms with Gasteiger partial charge in [0.05, 0.1) is 0 Å². The first-order valence-electron chi connectivity index (χ1n) is 3.58. The molecule has 0 atom stereocenters. The molecule has 54 valence electrons. The van der Waals surface area contributed by atoms with Gasteiger partial charge < -0.3 is 11.1 Å². The van der Waals surface area contributed by atoms with Gasteiger partial charge in [0.2, 0.25) is 0 Å². The summed E-state index contributed by atoms with van der Waals surface area (Å²) in [6.07, 6.45) is 4.02. The second kappa shape index (κ2) is 5.48. The molecule has 0 amide bonds. The molecule has 0 saturated carbocycles. The number of hydrogen-bond acceptors (Lipinski definition) is 2. The Kier molecular flexibility index (Phi) is 5.07. The number of rotatable bonds is 0. The fourth-order valence-electron chi connectivity index (χ4n) is 0.758.